The van der Waals surface area contributed by atoms with E-state index in [0.29, 0.717) is 5.13 Å². The van der Waals surface area contributed by atoms with Crippen LogP contribution in [0.15, 0.2) is 52.2 Å². The van der Waals surface area contributed by atoms with Gasteiger partial charge in [0.2, 0.25) is 11.0 Å². The van der Waals surface area contributed by atoms with Crippen LogP contribution in [-0.4, -0.2) is 29.2 Å². The molecule has 0 bridgehead atoms. The van der Waals surface area contributed by atoms with Crippen molar-refractivity contribution in [1.29, 1.82) is 0 Å². The monoisotopic (exact) mass is 390 g/mol. The summed E-state index contributed by atoms with van der Waals surface area (Å²) in [5.74, 6) is 0.786. The number of likely N-dealkylation sites (N-methyl/N-ethyl adjacent to an activating group) is 1. The van der Waals surface area contributed by atoms with Crippen LogP contribution in [0.1, 0.15) is 11.8 Å². The Kier molecular flexibility index (Phi) is 6.43. The van der Waals surface area contributed by atoms with Crippen molar-refractivity contribution in [2.45, 2.75) is 17.0 Å². The Morgan fingerprint density at radius 3 is 2.76 bits per heavy atom. The molecule has 3 rings (SSSR count). The Hall–Kier alpha value is -1.90. The number of anilines is 2. The molecule has 0 fully saturated rings. The molecular weight excluding hydrogens is 372 g/mol. The standard InChI is InChI=1S/C17H18N4OS3/c1-2-21(13-7-4-3-5-8-13)11-15(22)18-16-19-20-17(25-16)24-12-14-9-6-10-23-14/h3-10H,2,11-12H2,1H3,(H,18,19,22). The lowest BCUT2D eigenvalue weighted by Gasteiger charge is -2.21. The number of nitrogens with one attached hydrogen (secondary N) is 1. The maximum Gasteiger partial charge on any atom is 0.245 e. The fraction of sp³-hybridized carbons (Fsp3) is 0.235. The molecule has 1 N–H and O–H groups in total. The second-order valence-corrected chi connectivity index (χ2v) is 8.37. The molecule has 0 aliphatic rings. The summed E-state index contributed by atoms with van der Waals surface area (Å²) < 4.78 is 0.860. The van der Waals surface area contributed by atoms with Crippen molar-refractivity contribution in [3.8, 4) is 0 Å². The number of carbonyl (C=O) groups is 1. The van der Waals surface area contributed by atoms with Crippen molar-refractivity contribution in [2.24, 2.45) is 0 Å². The molecule has 0 spiro atoms. The molecule has 0 saturated heterocycles. The first-order valence-electron chi connectivity index (χ1n) is 7.83. The number of rotatable bonds is 8. The normalized spacial score (nSPS) is 10.6. The van der Waals surface area contributed by atoms with Gasteiger partial charge in [0.25, 0.3) is 0 Å². The van der Waals surface area contributed by atoms with Crippen LogP contribution in [0.3, 0.4) is 0 Å². The van der Waals surface area contributed by atoms with Gasteiger partial charge in [0.1, 0.15) is 0 Å². The molecular formula is C17H18N4OS3. The average Bonchev–Trinajstić information content (AvgIpc) is 3.30. The zero-order chi connectivity index (χ0) is 17.5. The number of hydrogen-bond donors (Lipinski definition) is 1. The van der Waals surface area contributed by atoms with Gasteiger partial charge in [-0.25, -0.2) is 0 Å². The second kappa shape index (κ2) is 8.98. The molecule has 0 saturated carbocycles. The van der Waals surface area contributed by atoms with Crippen LogP contribution in [-0.2, 0) is 10.5 Å². The van der Waals surface area contributed by atoms with E-state index in [1.807, 2.05) is 48.2 Å². The molecule has 130 valence electrons. The Morgan fingerprint density at radius 1 is 1.20 bits per heavy atom. The number of benzene rings is 1. The first-order chi connectivity index (χ1) is 12.2. The molecule has 0 unspecified atom stereocenters. The van der Waals surface area contributed by atoms with E-state index in [9.17, 15) is 4.79 Å². The highest BCUT2D eigenvalue weighted by molar-refractivity contribution is 8.00. The van der Waals surface area contributed by atoms with Crippen molar-refractivity contribution in [2.75, 3.05) is 23.3 Å². The predicted octanol–water partition coefficient (Wildman–Crippen LogP) is 4.36. The van der Waals surface area contributed by atoms with Crippen molar-refractivity contribution in [3.05, 3.63) is 52.7 Å². The highest BCUT2D eigenvalue weighted by Crippen LogP contribution is 2.29. The molecule has 0 aliphatic heterocycles. The maximum atomic E-state index is 12.3. The lowest BCUT2D eigenvalue weighted by Crippen LogP contribution is -2.33. The van der Waals surface area contributed by atoms with Gasteiger partial charge in [0, 0.05) is 22.9 Å². The van der Waals surface area contributed by atoms with E-state index in [2.05, 4.69) is 27.0 Å². The summed E-state index contributed by atoms with van der Waals surface area (Å²) in [5.41, 5.74) is 1.03. The summed E-state index contributed by atoms with van der Waals surface area (Å²) in [6, 6.07) is 14.1. The lowest BCUT2D eigenvalue weighted by atomic mass is 10.3. The molecule has 0 aliphatic carbocycles. The number of carbonyl (C=O) groups excluding carboxylic acids is 1. The lowest BCUT2D eigenvalue weighted by molar-refractivity contribution is -0.115. The van der Waals surface area contributed by atoms with Crippen LogP contribution in [0.25, 0.3) is 0 Å². The number of aromatic nitrogens is 2. The maximum absolute atomic E-state index is 12.3. The number of hydrogen-bond acceptors (Lipinski definition) is 7. The summed E-state index contributed by atoms with van der Waals surface area (Å²) >= 11 is 4.77. The Morgan fingerprint density at radius 2 is 2.04 bits per heavy atom. The van der Waals surface area contributed by atoms with E-state index < -0.39 is 0 Å². The summed E-state index contributed by atoms with van der Waals surface area (Å²) in [7, 11) is 0. The molecule has 3 aromatic rings. The van der Waals surface area contributed by atoms with Gasteiger partial charge in [-0.15, -0.1) is 21.5 Å². The molecule has 2 heterocycles. The van der Waals surface area contributed by atoms with E-state index >= 15 is 0 Å². The predicted molar refractivity (Wildman–Crippen MR) is 107 cm³/mol. The SMILES string of the molecule is CCN(CC(=O)Nc1nnc(SCc2cccs2)s1)c1ccccc1. The van der Waals surface area contributed by atoms with Crippen molar-refractivity contribution < 1.29 is 4.79 Å². The molecule has 8 heteroatoms. The zero-order valence-electron chi connectivity index (χ0n) is 13.7. The minimum Gasteiger partial charge on any atom is -0.362 e. The van der Waals surface area contributed by atoms with Crippen molar-refractivity contribution in [3.63, 3.8) is 0 Å². The fourth-order valence-corrected chi connectivity index (χ4v) is 4.74. The van der Waals surface area contributed by atoms with Crippen LogP contribution in [0.5, 0.6) is 0 Å². The van der Waals surface area contributed by atoms with E-state index in [1.54, 1.807) is 23.1 Å². The third kappa shape index (κ3) is 5.29. The average molecular weight is 391 g/mol. The molecule has 2 aromatic heterocycles. The van der Waals surface area contributed by atoms with Crippen LogP contribution >= 0.6 is 34.4 Å². The second-order valence-electron chi connectivity index (χ2n) is 5.14. The van der Waals surface area contributed by atoms with E-state index in [1.165, 1.54) is 16.2 Å². The van der Waals surface area contributed by atoms with Gasteiger partial charge in [0.15, 0.2) is 4.34 Å². The Bertz CT molecular complexity index is 789. The van der Waals surface area contributed by atoms with Gasteiger partial charge in [-0.3, -0.25) is 10.1 Å². The van der Waals surface area contributed by atoms with Crippen molar-refractivity contribution >= 4 is 51.2 Å². The summed E-state index contributed by atoms with van der Waals surface area (Å²) in [4.78, 5) is 15.6. The van der Waals surface area contributed by atoms with Crippen LogP contribution in [0, 0.1) is 0 Å². The number of nitrogens with zero attached hydrogens (tertiary/aromatic N) is 3. The van der Waals surface area contributed by atoms with Crippen LogP contribution < -0.4 is 10.2 Å². The minimum absolute atomic E-state index is 0.0864. The quantitative estimate of drug-likeness (QED) is 0.457. The van der Waals surface area contributed by atoms with Crippen LogP contribution in [0.2, 0.25) is 0 Å². The van der Waals surface area contributed by atoms with Gasteiger partial charge in [-0.2, -0.15) is 0 Å². The van der Waals surface area contributed by atoms with Gasteiger partial charge in [-0.1, -0.05) is 47.4 Å². The highest BCUT2D eigenvalue weighted by Gasteiger charge is 2.13. The Labute approximate surface area is 159 Å². The first kappa shape index (κ1) is 17.9. The topological polar surface area (TPSA) is 58.1 Å². The van der Waals surface area contributed by atoms with Crippen LogP contribution in [0.4, 0.5) is 10.8 Å². The first-order valence-corrected chi connectivity index (χ1v) is 10.5. The van der Waals surface area contributed by atoms with Crippen molar-refractivity contribution in [1.82, 2.24) is 10.2 Å². The van der Waals surface area contributed by atoms with Gasteiger partial charge >= 0.3 is 0 Å². The largest absolute Gasteiger partial charge is 0.362 e. The van der Waals surface area contributed by atoms with Gasteiger partial charge in [0.05, 0.1) is 6.54 Å². The molecule has 0 atom stereocenters. The fourth-order valence-electron chi connectivity index (χ4n) is 2.20. The molecule has 1 amide bonds. The van der Waals surface area contributed by atoms with Gasteiger partial charge in [-0.05, 0) is 30.5 Å². The summed E-state index contributed by atoms with van der Waals surface area (Å²) in [6.45, 7) is 3.08. The zero-order valence-corrected chi connectivity index (χ0v) is 16.2. The number of thioether (sulfide) groups is 1. The number of amides is 1. The minimum atomic E-state index is -0.0864. The highest BCUT2D eigenvalue weighted by atomic mass is 32.2. The third-order valence-electron chi connectivity index (χ3n) is 3.41. The molecule has 1 aromatic carbocycles. The number of para-hydroxylation sites is 1. The third-order valence-corrected chi connectivity index (χ3v) is 6.49. The Balaban J connectivity index is 1.52. The smallest absolute Gasteiger partial charge is 0.245 e. The van der Waals surface area contributed by atoms with Gasteiger partial charge < -0.3 is 4.90 Å². The molecule has 0 radical (unpaired) electrons. The van der Waals surface area contributed by atoms with E-state index in [-0.39, 0.29) is 12.5 Å². The molecule has 25 heavy (non-hydrogen) atoms. The van der Waals surface area contributed by atoms with E-state index in [0.717, 1.165) is 22.3 Å². The van der Waals surface area contributed by atoms with E-state index in [4.69, 9.17) is 0 Å². The molecule has 5 nitrogen and oxygen atoms in total. The number of thiophene rings is 1. The summed E-state index contributed by atoms with van der Waals surface area (Å²) in [6.07, 6.45) is 0. The summed E-state index contributed by atoms with van der Waals surface area (Å²) in [5, 5.41) is 13.6.